The van der Waals surface area contributed by atoms with Crippen LogP contribution in [0, 0.1) is 5.92 Å². The van der Waals surface area contributed by atoms with Crippen LogP contribution in [0.1, 0.15) is 23.7 Å². The van der Waals surface area contributed by atoms with Crippen LogP contribution in [0.2, 0.25) is 0 Å². The molecule has 0 saturated carbocycles. The Bertz CT molecular complexity index is 482. The summed E-state index contributed by atoms with van der Waals surface area (Å²) in [5.41, 5.74) is 0.636. The number of hydrogen-bond acceptors (Lipinski definition) is 2. The molecule has 1 aliphatic rings. The van der Waals surface area contributed by atoms with Gasteiger partial charge in [-0.15, -0.1) is 0 Å². The minimum atomic E-state index is -0.138. The fourth-order valence-corrected chi connectivity index (χ4v) is 2.15. The SMILES string of the molecule is CCNC(=O)C1C=CC(NC(=O)c2ccccc2)C1. The predicted molar refractivity (Wildman–Crippen MR) is 73.6 cm³/mol. The van der Waals surface area contributed by atoms with Crippen LogP contribution in [-0.2, 0) is 4.79 Å². The van der Waals surface area contributed by atoms with Crippen molar-refractivity contribution in [1.29, 1.82) is 0 Å². The first-order chi connectivity index (χ1) is 9.20. The van der Waals surface area contributed by atoms with Gasteiger partial charge in [0.2, 0.25) is 5.91 Å². The first kappa shape index (κ1) is 13.3. The van der Waals surface area contributed by atoms with Gasteiger partial charge in [0.05, 0.1) is 5.92 Å². The second kappa shape index (κ2) is 6.18. The van der Waals surface area contributed by atoms with Crippen molar-refractivity contribution in [3.8, 4) is 0 Å². The highest BCUT2D eigenvalue weighted by atomic mass is 16.2. The van der Waals surface area contributed by atoms with E-state index in [-0.39, 0.29) is 23.8 Å². The summed E-state index contributed by atoms with van der Waals surface area (Å²) in [6.07, 6.45) is 4.38. The largest absolute Gasteiger partial charge is 0.356 e. The van der Waals surface area contributed by atoms with Crippen LogP contribution in [0.25, 0.3) is 0 Å². The van der Waals surface area contributed by atoms with Crippen molar-refractivity contribution in [3.05, 3.63) is 48.0 Å². The maximum atomic E-state index is 12.0. The van der Waals surface area contributed by atoms with Gasteiger partial charge in [-0.2, -0.15) is 0 Å². The minimum absolute atomic E-state index is 0.0233. The lowest BCUT2D eigenvalue weighted by molar-refractivity contribution is -0.123. The third-order valence-electron chi connectivity index (χ3n) is 3.12. The van der Waals surface area contributed by atoms with Crippen LogP contribution in [0.15, 0.2) is 42.5 Å². The molecule has 2 unspecified atom stereocenters. The first-order valence-electron chi connectivity index (χ1n) is 6.52. The van der Waals surface area contributed by atoms with Crippen LogP contribution in [-0.4, -0.2) is 24.4 Å². The van der Waals surface area contributed by atoms with E-state index in [0.717, 1.165) is 0 Å². The Labute approximate surface area is 112 Å². The second-order valence-electron chi connectivity index (χ2n) is 4.57. The molecule has 0 fully saturated rings. The summed E-state index contributed by atoms with van der Waals surface area (Å²) in [6, 6.07) is 9.01. The Kier molecular flexibility index (Phi) is 4.34. The molecule has 0 spiro atoms. The van der Waals surface area contributed by atoms with Gasteiger partial charge >= 0.3 is 0 Å². The number of carbonyl (C=O) groups is 2. The fourth-order valence-electron chi connectivity index (χ4n) is 2.15. The lowest BCUT2D eigenvalue weighted by Gasteiger charge is -2.13. The number of carbonyl (C=O) groups excluding carboxylic acids is 2. The summed E-state index contributed by atoms with van der Waals surface area (Å²) in [5.74, 6) is -0.219. The molecule has 0 saturated heterocycles. The molecule has 1 aromatic rings. The van der Waals surface area contributed by atoms with E-state index in [2.05, 4.69) is 10.6 Å². The van der Waals surface area contributed by atoms with Gasteiger partial charge in [-0.25, -0.2) is 0 Å². The normalized spacial score (nSPS) is 21.1. The molecule has 0 heterocycles. The summed E-state index contributed by atoms with van der Waals surface area (Å²) >= 11 is 0. The summed E-state index contributed by atoms with van der Waals surface area (Å²) in [4.78, 5) is 23.6. The molecule has 2 N–H and O–H groups in total. The molecule has 2 atom stereocenters. The smallest absolute Gasteiger partial charge is 0.251 e. The molecule has 4 heteroatoms. The monoisotopic (exact) mass is 258 g/mol. The summed E-state index contributed by atoms with van der Waals surface area (Å²) < 4.78 is 0. The van der Waals surface area contributed by atoms with Crippen LogP contribution in [0.3, 0.4) is 0 Å². The maximum Gasteiger partial charge on any atom is 0.251 e. The van der Waals surface area contributed by atoms with E-state index in [1.165, 1.54) is 0 Å². The van der Waals surface area contributed by atoms with Crippen LogP contribution in [0.4, 0.5) is 0 Å². The molecule has 1 aromatic carbocycles. The van der Waals surface area contributed by atoms with Crippen molar-refractivity contribution in [2.45, 2.75) is 19.4 Å². The van der Waals surface area contributed by atoms with Crippen LogP contribution < -0.4 is 10.6 Å². The van der Waals surface area contributed by atoms with Gasteiger partial charge in [-0.1, -0.05) is 30.4 Å². The lowest BCUT2D eigenvalue weighted by atomic mass is 10.1. The van der Waals surface area contributed by atoms with E-state index in [1.54, 1.807) is 12.1 Å². The minimum Gasteiger partial charge on any atom is -0.356 e. The molecule has 19 heavy (non-hydrogen) atoms. The average molecular weight is 258 g/mol. The van der Waals surface area contributed by atoms with E-state index < -0.39 is 0 Å². The van der Waals surface area contributed by atoms with E-state index in [9.17, 15) is 9.59 Å². The van der Waals surface area contributed by atoms with E-state index >= 15 is 0 Å². The molecule has 2 rings (SSSR count). The standard InChI is InChI=1S/C15H18N2O2/c1-2-16-14(18)12-8-9-13(10-12)17-15(19)11-6-4-3-5-7-11/h3-9,12-13H,2,10H2,1H3,(H,16,18)(H,17,19). The maximum absolute atomic E-state index is 12.0. The highest BCUT2D eigenvalue weighted by Gasteiger charge is 2.25. The molecule has 100 valence electrons. The Morgan fingerprint density at radius 2 is 1.95 bits per heavy atom. The highest BCUT2D eigenvalue weighted by molar-refractivity contribution is 5.94. The molecule has 0 radical (unpaired) electrons. The number of hydrogen-bond donors (Lipinski definition) is 2. The summed E-state index contributed by atoms with van der Waals surface area (Å²) in [7, 11) is 0. The van der Waals surface area contributed by atoms with Crippen molar-refractivity contribution in [2.24, 2.45) is 5.92 Å². The van der Waals surface area contributed by atoms with Gasteiger partial charge < -0.3 is 10.6 Å². The zero-order chi connectivity index (χ0) is 13.7. The topological polar surface area (TPSA) is 58.2 Å². The Balaban J connectivity index is 1.88. The van der Waals surface area contributed by atoms with Gasteiger partial charge in [-0.05, 0) is 25.5 Å². The zero-order valence-corrected chi connectivity index (χ0v) is 10.9. The van der Waals surface area contributed by atoms with Crippen LogP contribution >= 0.6 is 0 Å². The van der Waals surface area contributed by atoms with Crippen molar-refractivity contribution in [1.82, 2.24) is 10.6 Å². The second-order valence-corrected chi connectivity index (χ2v) is 4.57. The summed E-state index contributed by atoms with van der Waals surface area (Å²) in [6.45, 7) is 2.52. The molecule has 1 aliphatic carbocycles. The van der Waals surface area contributed by atoms with E-state index in [1.807, 2.05) is 37.3 Å². The van der Waals surface area contributed by atoms with Gasteiger partial charge in [0.25, 0.3) is 5.91 Å². The molecule has 0 bridgehead atoms. The predicted octanol–water partition coefficient (Wildman–Crippen LogP) is 1.50. The molecule has 0 aromatic heterocycles. The van der Waals surface area contributed by atoms with Crippen molar-refractivity contribution in [2.75, 3.05) is 6.54 Å². The number of nitrogens with one attached hydrogen (secondary N) is 2. The Hall–Kier alpha value is -2.10. The van der Waals surface area contributed by atoms with Crippen molar-refractivity contribution in [3.63, 3.8) is 0 Å². The Morgan fingerprint density at radius 3 is 2.63 bits per heavy atom. The average Bonchev–Trinajstić information content (AvgIpc) is 2.88. The highest BCUT2D eigenvalue weighted by Crippen LogP contribution is 2.18. The fraction of sp³-hybridized carbons (Fsp3) is 0.333. The van der Waals surface area contributed by atoms with Gasteiger partial charge in [0.1, 0.15) is 0 Å². The zero-order valence-electron chi connectivity index (χ0n) is 10.9. The van der Waals surface area contributed by atoms with Crippen LogP contribution in [0.5, 0.6) is 0 Å². The molecule has 4 nitrogen and oxygen atoms in total. The van der Waals surface area contributed by atoms with Gasteiger partial charge in [-0.3, -0.25) is 9.59 Å². The summed E-state index contributed by atoms with van der Waals surface area (Å²) in [5, 5.41) is 5.71. The van der Waals surface area contributed by atoms with Crippen molar-refractivity contribution >= 4 is 11.8 Å². The first-order valence-corrected chi connectivity index (χ1v) is 6.52. The molecular formula is C15H18N2O2. The molecule has 2 amide bonds. The van der Waals surface area contributed by atoms with E-state index in [0.29, 0.717) is 18.5 Å². The van der Waals surface area contributed by atoms with Gasteiger partial charge in [0, 0.05) is 18.2 Å². The molecular weight excluding hydrogens is 240 g/mol. The quantitative estimate of drug-likeness (QED) is 0.804. The van der Waals surface area contributed by atoms with Crippen molar-refractivity contribution < 1.29 is 9.59 Å². The number of benzene rings is 1. The molecule has 0 aliphatic heterocycles. The number of amides is 2. The lowest BCUT2D eigenvalue weighted by Crippen LogP contribution is -2.35. The van der Waals surface area contributed by atoms with E-state index in [4.69, 9.17) is 0 Å². The third-order valence-corrected chi connectivity index (χ3v) is 3.12. The Morgan fingerprint density at radius 1 is 1.21 bits per heavy atom. The third kappa shape index (κ3) is 3.44. The van der Waals surface area contributed by atoms with Gasteiger partial charge in [0.15, 0.2) is 0 Å². The number of rotatable bonds is 4.